The second kappa shape index (κ2) is 11.5. The molecule has 0 radical (unpaired) electrons. The Morgan fingerprint density at radius 3 is 2.29 bits per heavy atom. The third-order valence-electron chi connectivity index (χ3n) is 3.25. The number of anilines is 1. The average Bonchev–Trinajstić information content (AvgIpc) is 2.49. The minimum atomic E-state index is -4.29. The van der Waals surface area contributed by atoms with Gasteiger partial charge in [0.1, 0.15) is 6.61 Å². The summed E-state index contributed by atoms with van der Waals surface area (Å²) in [6.07, 6.45) is -2.16. The molecule has 0 aliphatic heterocycles. The van der Waals surface area contributed by atoms with Gasteiger partial charge in [-0.05, 0) is 30.4 Å². The van der Waals surface area contributed by atoms with Crippen molar-refractivity contribution in [3.8, 4) is 0 Å². The number of nitrogens with two attached hydrogens (primary N) is 1. The van der Waals surface area contributed by atoms with E-state index in [-0.39, 0.29) is 36.5 Å². The van der Waals surface area contributed by atoms with Crippen molar-refractivity contribution in [3.63, 3.8) is 0 Å². The summed E-state index contributed by atoms with van der Waals surface area (Å²) in [5.74, 6) is 0.261. The van der Waals surface area contributed by atoms with Crippen LogP contribution in [0, 0.1) is 0 Å². The van der Waals surface area contributed by atoms with Crippen LogP contribution >= 0.6 is 24.0 Å². The number of aryl methyl sites for hydroxylation is 2. The monoisotopic (exact) mass is 459 g/mol. The van der Waals surface area contributed by atoms with Gasteiger partial charge in [0.2, 0.25) is 0 Å². The highest BCUT2D eigenvalue weighted by atomic mass is 127. The number of para-hydroxylation sites is 1. The van der Waals surface area contributed by atoms with Crippen LogP contribution in [0.1, 0.15) is 31.4 Å². The molecule has 0 unspecified atom stereocenters. The predicted molar refractivity (Wildman–Crippen MR) is 102 cm³/mol. The fourth-order valence-electron chi connectivity index (χ4n) is 2.12. The smallest absolute Gasteiger partial charge is 0.372 e. The molecule has 1 aromatic rings. The van der Waals surface area contributed by atoms with Gasteiger partial charge in [0.15, 0.2) is 5.96 Å². The summed E-state index contributed by atoms with van der Waals surface area (Å²) >= 11 is 0. The first-order chi connectivity index (χ1) is 10.9. The number of hydrogen-bond donors (Lipinski definition) is 2. The van der Waals surface area contributed by atoms with Crippen molar-refractivity contribution in [3.05, 3.63) is 29.3 Å². The van der Waals surface area contributed by atoms with E-state index >= 15 is 0 Å². The summed E-state index contributed by atoms with van der Waals surface area (Å²) in [6.45, 7) is 3.21. The summed E-state index contributed by atoms with van der Waals surface area (Å²) in [7, 11) is 0. The van der Waals surface area contributed by atoms with Gasteiger partial charge < -0.3 is 15.8 Å². The van der Waals surface area contributed by atoms with Crippen LogP contribution in [-0.2, 0) is 17.6 Å². The molecule has 0 heterocycles. The number of guanidine groups is 1. The lowest BCUT2D eigenvalue weighted by molar-refractivity contribution is -0.173. The number of nitrogens with zero attached hydrogens (tertiary/aromatic N) is 1. The minimum Gasteiger partial charge on any atom is -0.372 e. The lowest BCUT2D eigenvalue weighted by Crippen LogP contribution is -2.24. The van der Waals surface area contributed by atoms with E-state index in [9.17, 15) is 13.2 Å². The zero-order valence-electron chi connectivity index (χ0n) is 13.9. The van der Waals surface area contributed by atoms with E-state index in [0.717, 1.165) is 29.7 Å². The highest BCUT2D eigenvalue weighted by Gasteiger charge is 2.27. The van der Waals surface area contributed by atoms with E-state index in [4.69, 9.17) is 5.73 Å². The lowest BCUT2D eigenvalue weighted by atomic mass is 10.0. The Labute approximate surface area is 158 Å². The summed E-state index contributed by atoms with van der Waals surface area (Å²) < 4.78 is 40.2. The molecular weight excluding hydrogens is 434 g/mol. The molecular formula is C16H25F3IN3O. The third kappa shape index (κ3) is 8.72. The third-order valence-corrected chi connectivity index (χ3v) is 3.25. The van der Waals surface area contributed by atoms with Gasteiger partial charge in [-0.1, -0.05) is 32.0 Å². The standard InChI is InChI=1S/C16H24F3N3O.HI/c1-3-12-7-5-8-13(4-2)14(12)22-15(20)21-9-6-10-23-11-16(17,18)19;/h5,7-8H,3-4,6,9-11H2,1-2H3,(H3,20,21,22);1H. The SMILES string of the molecule is CCc1cccc(CC)c1NC(N)=NCCCOCC(F)(F)F.I. The highest BCUT2D eigenvalue weighted by molar-refractivity contribution is 14.0. The lowest BCUT2D eigenvalue weighted by Gasteiger charge is -2.14. The first-order valence-corrected chi connectivity index (χ1v) is 7.69. The average molecular weight is 459 g/mol. The van der Waals surface area contributed by atoms with Gasteiger partial charge in [-0.15, -0.1) is 24.0 Å². The van der Waals surface area contributed by atoms with E-state index in [2.05, 4.69) is 28.9 Å². The van der Waals surface area contributed by atoms with Gasteiger partial charge in [-0.2, -0.15) is 13.2 Å². The summed E-state index contributed by atoms with van der Waals surface area (Å²) in [5.41, 5.74) is 9.12. The molecule has 0 aliphatic rings. The van der Waals surface area contributed by atoms with Crippen LogP contribution in [0.2, 0.25) is 0 Å². The first kappa shape index (κ1) is 23.0. The summed E-state index contributed by atoms with van der Waals surface area (Å²) in [4.78, 5) is 4.13. The number of aliphatic imine (C=N–C) groups is 1. The van der Waals surface area contributed by atoms with Crippen molar-refractivity contribution in [1.29, 1.82) is 0 Å². The molecule has 3 N–H and O–H groups in total. The van der Waals surface area contributed by atoms with Gasteiger partial charge in [0.25, 0.3) is 0 Å². The Bertz CT molecular complexity index is 500. The van der Waals surface area contributed by atoms with Crippen LogP contribution in [0.25, 0.3) is 0 Å². The molecule has 1 rings (SSSR count). The molecule has 138 valence electrons. The Kier molecular flexibility index (Phi) is 11.0. The molecule has 0 aromatic heterocycles. The van der Waals surface area contributed by atoms with Gasteiger partial charge >= 0.3 is 6.18 Å². The van der Waals surface area contributed by atoms with Crippen LogP contribution in [0.5, 0.6) is 0 Å². The summed E-state index contributed by atoms with van der Waals surface area (Å²) in [5, 5.41) is 3.10. The van der Waals surface area contributed by atoms with Crippen LogP contribution < -0.4 is 11.1 Å². The number of ether oxygens (including phenoxy) is 1. The number of benzene rings is 1. The fourth-order valence-corrected chi connectivity index (χ4v) is 2.12. The van der Waals surface area contributed by atoms with E-state index in [1.807, 2.05) is 18.2 Å². The van der Waals surface area contributed by atoms with Crippen molar-refractivity contribution in [1.82, 2.24) is 0 Å². The molecule has 0 atom stereocenters. The second-order valence-corrected chi connectivity index (χ2v) is 5.07. The second-order valence-electron chi connectivity index (χ2n) is 5.07. The quantitative estimate of drug-likeness (QED) is 0.266. The summed E-state index contributed by atoms with van der Waals surface area (Å²) in [6, 6.07) is 6.06. The maximum absolute atomic E-state index is 11.9. The van der Waals surface area contributed by atoms with E-state index < -0.39 is 12.8 Å². The molecule has 0 spiro atoms. The molecule has 0 fully saturated rings. The fraction of sp³-hybridized carbons (Fsp3) is 0.562. The van der Waals surface area contributed by atoms with Crippen LogP contribution in [0.15, 0.2) is 23.2 Å². The maximum Gasteiger partial charge on any atom is 0.411 e. The van der Waals surface area contributed by atoms with E-state index in [1.165, 1.54) is 0 Å². The molecule has 4 nitrogen and oxygen atoms in total. The Hall–Kier alpha value is -1.03. The predicted octanol–water partition coefficient (Wildman–Crippen LogP) is 4.13. The number of hydrogen-bond acceptors (Lipinski definition) is 2. The zero-order chi connectivity index (χ0) is 17.3. The van der Waals surface area contributed by atoms with Crippen molar-refractivity contribution in [2.75, 3.05) is 25.1 Å². The van der Waals surface area contributed by atoms with Crippen molar-refractivity contribution in [2.45, 2.75) is 39.3 Å². The minimum absolute atomic E-state index is 0. The van der Waals surface area contributed by atoms with Gasteiger partial charge in [-0.25, -0.2) is 0 Å². The first-order valence-electron chi connectivity index (χ1n) is 7.69. The van der Waals surface area contributed by atoms with Crippen molar-refractivity contribution < 1.29 is 17.9 Å². The molecule has 1 aromatic carbocycles. The number of halogens is 4. The van der Waals surface area contributed by atoms with E-state index in [0.29, 0.717) is 13.0 Å². The van der Waals surface area contributed by atoms with Crippen LogP contribution in [0.3, 0.4) is 0 Å². The van der Waals surface area contributed by atoms with Crippen molar-refractivity contribution in [2.24, 2.45) is 10.7 Å². The van der Waals surface area contributed by atoms with E-state index in [1.54, 1.807) is 0 Å². The number of alkyl halides is 3. The number of nitrogens with one attached hydrogen (secondary N) is 1. The molecule has 0 bridgehead atoms. The van der Waals surface area contributed by atoms with Crippen LogP contribution in [0.4, 0.5) is 18.9 Å². The largest absolute Gasteiger partial charge is 0.411 e. The molecule has 0 aliphatic carbocycles. The van der Waals surface area contributed by atoms with Gasteiger partial charge in [-0.3, -0.25) is 4.99 Å². The Morgan fingerprint density at radius 2 is 1.79 bits per heavy atom. The van der Waals surface area contributed by atoms with Crippen molar-refractivity contribution >= 4 is 35.6 Å². The number of rotatable bonds is 8. The Balaban J connectivity index is 0.00000529. The van der Waals surface area contributed by atoms with Crippen LogP contribution in [-0.4, -0.2) is 31.9 Å². The topological polar surface area (TPSA) is 59.6 Å². The molecule has 24 heavy (non-hydrogen) atoms. The van der Waals surface area contributed by atoms with Gasteiger partial charge in [0, 0.05) is 18.8 Å². The normalized spacial score (nSPS) is 12.0. The maximum atomic E-state index is 11.9. The molecule has 0 saturated heterocycles. The molecule has 8 heteroatoms. The highest BCUT2D eigenvalue weighted by Crippen LogP contribution is 2.22. The Morgan fingerprint density at radius 1 is 1.21 bits per heavy atom. The zero-order valence-corrected chi connectivity index (χ0v) is 16.3. The molecule has 0 amide bonds. The molecule has 0 saturated carbocycles. The van der Waals surface area contributed by atoms with Gasteiger partial charge in [0.05, 0.1) is 0 Å².